The zero-order valence-electron chi connectivity index (χ0n) is 6.16. The predicted molar refractivity (Wildman–Crippen MR) is 40.9 cm³/mol. The molecule has 2 rings (SSSR count). The van der Waals surface area contributed by atoms with Crippen molar-refractivity contribution in [2.45, 2.75) is 6.54 Å². The van der Waals surface area contributed by atoms with Crippen molar-refractivity contribution in [3.8, 4) is 11.5 Å². The van der Waals surface area contributed by atoms with Gasteiger partial charge in [-0.2, -0.15) is 0 Å². The molecule has 0 spiro atoms. The van der Waals surface area contributed by atoms with Gasteiger partial charge in [0.05, 0.1) is 5.56 Å². The van der Waals surface area contributed by atoms with E-state index >= 15 is 0 Å². The van der Waals surface area contributed by atoms with Gasteiger partial charge < -0.3 is 15.5 Å². The summed E-state index contributed by atoms with van der Waals surface area (Å²) in [4.78, 5) is 11.0. The third kappa shape index (κ3) is 0.812. The van der Waals surface area contributed by atoms with E-state index in [1.165, 1.54) is 12.1 Å². The third-order valence-corrected chi connectivity index (χ3v) is 1.88. The fourth-order valence-corrected chi connectivity index (χ4v) is 1.29. The van der Waals surface area contributed by atoms with E-state index in [1.807, 2.05) is 0 Å². The Bertz CT molecular complexity index is 360. The third-order valence-electron chi connectivity index (χ3n) is 1.88. The molecule has 0 unspecified atom stereocenters. The average molecular weight is 165 g/mol. The first kappa shape index (κ1) is 6.97. The van der Waals surface area contributed by atoms with E-state index in [-0.39, 0.29) is 17.4 Å². The van der Waals surface area contributed by atoms with Crippen LogP contribution in [0.5, 0.6) is 11.5 Å². The summed E-state index contributed by atoms with van der Waals surface area (Å²) in [5, 5.41) is 20.9. The van der Waals surface area contributed by atoms with Crippen molar-refractivity contribution in [3.05, 3.63) is 23.3 Å². The van der Waals surface area contributed by atoms with E-state index in [0.717, 1.165) is 0 Å². The summed E-state index contributed by atoms with van der Waals surface area (Å²) in [5.41, 5.74) is 0.908. The standard InChI is InChI=1S/C8H7NO3/c10-4-1-5-6(7(11)2-4)3-9-8(5)12/h1-2,10-11H,3H2,(H,9,12). The minimum atomic E-state index is -0.254. The van der Waals surface area contributed by atoms with E-state index < -0.39 is 0 Å². The van der Waals surface area contributed by atoms with Crippen molar-refractivity contribution in [1.29, 1.82) is 0 Å². The molecule has 1 aromatic rings. The van der Waals surface area contributed by atoms with Gasteiger partial charge in [-0.05, 0) is 6.07 Å². The average Bonchev–Trinajstić information content (AvgIpc) is 2.33. The molecule has 0 aromatic heterocycles. The summed E-state index contributed by atoms with van der Waals surface area (Å²) in [5.74, 6) is -0.386. The number of phenolic OH excluding ortho intramolecular Hbond substituents is 2. The van der Waals surface area contributed by atoms with Crippen molar-refractivity contribution in [1.82, 2.24) is 5.32 Å². The molecule has 0 aliphatic carbocycles. The van der Waals surface area contributed by atoms with Crippen LogP contribution in [0.1, 0.15) is 15.9 Å². The van der Waals surface area contributed by atoms with E-state index in [0.29, 0.717) is 17.7 Å². The lowest BCUT2D eigenvalue weighted by molar-refractivity contribution is 0.0965. The summed E-state index contributed by atoms with van der Waals surface area (Å²) >= 11 is 0. The second-order valence-electron chi connectivity index (χ2n) is 2.67. The number of phenols is 2. The lowest BCUT2D eigenvalue weighted by atomic mass is 10.1. The molecule has 0 atom stereocenters. The first-order valence-corrected chi connectivity index (χ1v) is 3.51. The Balaban J connectivity index is 2.68. The number of carbonyl (C=O) groups is 1. The molecule has 1 aliphatic rings. The number of amides is 1. The van der Waals surface area contributed by atoms with Gasteiger partial charge in [0.2, 0.25) is 0 Å². The molecular weight excluding hydrogens is 158 g/mol. The smallest absolute Gasteiger partial charge is 0.252 e. The van der Waals surface area contributed by atoms with Gasteiger partial charge in [0, 0.05) is 18.2 Å². The maximum absolute atomic E-state index is 11.0. The van der Waals surface area contributed by atoms with Gasteiger partial charge >= 0.3 is 0 Å². The molecule has 1 amide bonds. The number of fused-ring (bicyclic) bond motifs is 1. The second kappa shape index (κ2) is 2.14. The van der Waals surface area contributed by atoms with Crippen LogP contribution < -0.4 is 5.32 Å². The van der Waals surface area contributed by atoms with Gasteiger partial charge in [0.15, 0.2) is 0 Å². The number of aromatic hydroxyl groups is 2. The van der Waals surface area contributed by atoms with Crippen molar-refractivity contribution in [2.75, 3.05) is 0 Å². The molecule has 0 saturated heterocycles. The van der Waals surface area contributed by atoms with Gasteiger partial charge in [-0.15, -0.1) is 0 Å². The van der Waals surface area contributed by atoms with Gasteiger partial charge in [-0.3, -0.25) is 4.79 Å². The highest BCUT2D eigenvalue weighted by Crippen LogP contribution is 2.29. The molecule has 3 N–H and O–H groups in total. The first-order chi connectivity index (χ1) is 5.68. The number of carbonyl (C=O) groups excluding carboxylic acids is 1. The lowest BCUT2D eigenvalue weighted by Crippen LogP contribution is -2.12. The van der Waals surface area contributed by atoms with E-state index in [2.05, 4.69) is 5.32 Å². The topological polar surface area (TPSA) is 69.6 Å². The SMILES string of the molecule is O=C1NCc2c(O)cc(O)cc21. The molecule has 4 heteroatoms. The van der Waals surface area contributed by atoms with Crippen LogP contribution in [0.25, 0.3) is 0 Å². The van der Waals surface area contributed by atoms with Crippen LogP contribution in [0.15, 0.2) is 12.1 Å². The summed E-state index contributed by atoms with van der Waals surface area (Å²) in [6, 6.07) is 2.57. The normalized spacial score (nSPS) is 14.2. The van der Waals surface area contributed by atoms with Gasteiger partial charge in [-0.25, -0.2) is 0 Å². The van der Waals surface area contributed by atoms with E-state index in [9.17, 15) is 9.90 Å². The molecular formula is C8H7NO3. The van der Waals surface area contributed by atoms with Crippen LogP contribution in [0.2, 0.25) is 0 Å². The molecule has 12 heavy (non-hydrogen) atoms. The highest BCUT2D eigenvalue weighted by molar-refractivity contribution is 5.99. The minimum Gasteiger partial charge on any atom is -0.508 e. The van der Waals surface area contributed by atoms with Gasteiger partial charge in [-0.1, -0.05) is 0 Å². The number of nitrogens with one attached hydrogen (secondary N) is 1. The van der Waals surface area contributed by atoms with Crippen LogP contribution in [0.3, 0.4) is 0 Å². The predicted octanol–water partition coefficient (Wildman–Crippen LogP) is 0.341. The lowest BCUT2D eigenvalue weighted by Gasteiger charge is -1.99. The number of hydrogen-bond donors (Lipinski definition) is 3. The maximum atomic E-state index is 11.0. The summed E-state index contributed by atoms with van der Waals surface area (Å²) in [6.45, 7) is 0.334. The summed E-state index contributed by atoms with van der Waals surface area (Å²) in [7, 11) is 0. The van der Waals surface area contributed by atoms with Gasteiger partial charge in [0.25, 0.3) is 5.91 Å². The zero-order chi connectivity index (χ0) is 8.72. The minimum absolute atomic E-state index is 0.0386. The van der Waals surface area contributed by atoms with Crippen LogP contribution in [0, 0.1) is 0 Å². The quantitative estimate of drug-likeness (QED) is 0.519. The largest absolute Gasteiger partial charge is 0.508 e. The van der Waals surface area contributed by atoms with Crippen LogP contribution in [-0.4, -0.2) is 16.1 Å². The molecule has 0 radical (unpaired) electrons. The summed E-state index contributed by atoms with van der Waals surface area (Å²) in [6.07, 6.45) is 0. The van der Waals surface area contributed by atoms with Crippen LogP contribution in [-0.2, 0) is 6.54 Å². The molecule has 62 valence electrons. The molecule has 1 heterocycles. The number of hydrogen-bond acceptors (Lipinski definition) is 3. The van der Waals surface area contributed by atoms with E-state index in [1.54, 1.807) is 0 Å². The number of rotatable bonds is 0. The molecule has 0 fully saturated rings. The molecule has 0 bridgehead atoms. The van der Waals surface area contributed by atoms with Crippen molar-refractivity contribution >= 4 is 5.91 Å². The highest BCUT2D eigenvalue weighted by atomic mass is 16.3. The zero-order valence-corrected chi connectivity index (χ0v) is 6.16. The Labute approximate surface area is 68.5 Å². The van der Waals surface area contributed by atoms with E-state index in [4.69, 9.17) is 5.11 Å². The highest BCUT2D eigenvalue weighted by Gasteiger charge is 2.22. The van der Waals surface area contributed by atoms with Crippen molar-refractivity contribution in [3.63, 3.8) is 0 Å². The molecule has 1 aromatic carbocycles. The first-order valence-electron chi connectivity index (χ1n) is 3.51. The van der Waals surface area contributed by atoms with Crippen molar-refractivity contribution in [2.24, 2.45) is 0 Å². The molecule has 1 aliphatic heterocycles. The molecule has 4 nitrogen and oxygen atoms in total. The van der Waals surface area contributed by atoms with Crippen LogP contribution in [0.4, 0.5) is 0 Å². The Hall–Kier alpha value is -1.71. The fourth-order valence-electron chi connectivity index (χ4n) is 1.29. The Morgan fingerprint density at radius 2 is 2.08 bits per heavy atom. The Morgan fingerprint density at radius 1 is 1.33 bits per heavy atom. The summed E-state index contributed by atoms with van der Waals surface area (Å²) < 4.78 is 0. The Morgan fingerprint density at radius 3 is 2.83 bits per heavy atom. The molecule has 0 saturated carbocycles. The van der Waals surface area contributed by atoms with Crippen LogP contribution >= 0.6 is 0 Å². The fraction of sp³-hybridized carbons (Fsp3) is 0.125. The monoisotopic (exact) mass is 165 g/mol. The maximum Gasteiger partial charge on any atom is 0.252 e. The second-order valence-corrected chi connectivity index (χ2v) is 2.67. The number of benzene rings is 1. The van der Waals surface area contributed by atoms with Crippen molar-refractivity contribution < 1.29 is 15.0 Å². The Kier molecular flexibility index (Phi) is 1.24. The van der Waals surface area contributed by atoms with Gasteiger partial charge in [0.1, 0.15) is 11.5 Å².